The van der Waals surface area contributed by atoms with Crippen LogP contribution in [-0.2, 0) is 14.8 Å². The van der Waals surface area contributed by atoms with Crippen molar-refractivity contribution in [2.75, 3.05) is 13.1 Å². The number of nitrogens with zero attached hydrogens (tertiary/aromatic N) is 1. The van der Waals surface area contributed by atoms with Crippen LogP contribution in [-0.4, -0.2) is 42.1 Å². The third-order valence-corrected chi connectivity index (χ3v) is 5.78. The Bertz CT molecular complexity index is 369. The van der Waals surface area contributed by atoms with Crippen LogP contribution in [0.15, 0.2) is 0 Å². The van der Waals surface area contributed by atoms with E-state index in [1.807, 2.05) is 0 Å². The molecule has 1 atom stereocenters. The molecular formula is C11H21NO4S. The second kappa shape index (κ2) is 5.35. The number of carboxylic acid groups (broad SMARTS) is 1. The van der Waals surface area contributed by atoms with Gasteiger partial charge in [0, 0.05) is 13.1 Å². The fraction of sp³-hybridized carbons (Fsp3) is 0.909. The van der Waals surface area contributed by atoms with Crippen molar-refractivity contribution in [3.05, 3.63) is 0 Å². The Labute approximate surface area is 103 Å². The zero-order valence-corrected chi connectivity index (χ0v) is 11.4. The molecule has 1 aliphatic rings. The highest BCUT2D eigenvalue weighted by molar-refractivity contribution is 7.90. The van der Waals surface area contributed by atoms with Crippen LogP contribution in [0.1, 0.15) is 33.6 Å². The first-order valence-corrected chi connectivity index (χ1v) is 7.49. The summed E-state index contributed by atoms with van der Waals surface area (Å²) in [7, 11) is -3.68. The molecule has 6 heteroatoms. The average molecular weight is 263 g/mol. The zero-order chi connectivity index (χ0) is 13.2. The molecule has 5 nitrogen and oxygen atoms in total. The quantitative estimate of drug-likeness (QED) is 0.826. The van der Waals surface area contributed by atoms with Crippen molar-refractivity contribution < 1.29 is 18.3 Å². The fourth-order valence-electron chi connectivity index (χ4n) is 2.15. The van der Waals surface area contributed by atoms with E-state index in [-0.39, 0.29) is 0 Å². The fourth-order valence-corrected chi connectivity index (χ4v) is 3.57. The van der Waals surface area contributed by atoms with Crippen molar-refractivity contribution in [2.24, 2.45) is 11.8 Å². The van der Waals surface area contributed by atoms with Crippen LogP contribution in [0.5, 0.6) is 0 Å². The van der Waals surface area contributed by atoms with Crippen molar-refractivity contribution >= 4 is 16.0 Å². The summed E-state index contributed by atoms with van der Waals surface area (Å²) in [6.07, 6.45) is 1.65. The first-order chi connectivity index (χ1) is 7.76. The maximum atomic E-state index is 11.9. The van der Waals surface area contributed by atoms with E-state index in [1.165, 1.54) is 11.2 Å². The smallest absolute Gasteiger partial charge is 0.323 e. The molecule has 1 fully saturated rings. The Morgan fingerprint density at radius 3 is 2.06 bits per heavy atom. The van der Waals surface area contributed by atoms with Gasteiger partial charge in [0.2, 0.25) is 10.0 Å². The monoisotopic (exact) mass is 263 g/mol. The van der Waals surface area contributed by atoms with Crippen LogP contribution in [0.3, 0.4) is 0 Å². The van der Waals surface area contributed by atoms with E-state index in [2.05, 4.69) is 13.8 Å². The molecule has 0 aliphatic carbocycles. The number of piperidine rings is 1. The van der Waals surface area contributed by atoms with Crippen LogP contribution >= 0.6 is 0 Å². The second-order valence-corrected chi connectivity index (χ2v) is 7.26. The Hall–Kier alpha value is -0.620. The van der Waals surface area contributed by atoms with Gasteiger partial charge in [-0.15, -0.1) is 0 Å². The summed E-state index contributed by atoms with van der Waals surface area (Å²) in [5, 5.41) is 7.43. The molecule has 0 aromatic heterocycles. The topological polar surface area (TPSA) is 74.7 Å². The molecule has 1 saturated heterocycles. The Morgan fingerprint density at radius 2 is 1.71 bits per heavy atom. The van der Waals surface area contributed by atoms with Gasteiger partial charge in [-0.25, -0.2) is 12.7 Å². The minimum atomic E-state index is -3.68. The van der Waals surface area contributed by atoms with E-state index in [9.17, 15) is 13.2 Å². The van der Waals surface area contributed by atoms with Gasteiger partial charge in [0.05, 0.1) is 0 Å². The molecular weight excluding hydrogens is 242 g/mol. The van der Waals surface area contributed by atoms with Gasteiger partial charge in [-0.05, 0) is 31.6 Å². The van der Waals surface area contributed by atoms with Gasteiger partial charge in [0.15, 0.2) is 5.25 Å². The van der Waals surface area contributed by atoms with E-state index in [0.29, 0.717) is 24.9 Å². The van der Waals surface area contributed by atoms with Crippen molar-refractivity contribution in [3.63, 3.8) is 0 Å². The lowest BCUT2D eigenvalue weighted by Gasteiger charge is -2.33. The van der Waals surface area contributed by atoms with Crippen molar-refractivity contribution in [3.8, 4) is 0 Å². The summed E-state index contributed by atoms with van der Waals surface area (Å²) < 4.78 is 25.2. The van der Waals surface area contributed by atoms with Gasteiger partial charge < -0.3 is 5.11 Å². The molecule has 0 amide bonds. The largest absolute Gasteiger partial charge is 0.480 e. The lowest BCUT2D eigenvalue weighted by Crippen LogP contribution is -2.45. The number of rotatable bonds is 4. The minimum Gasteiger partial charge on any atom is -0.480 e. The van der Waals surface area contributed by atoms with Crippen LogP contribution in [0.2, 0.25) is 0 Å². The molecule has 0 aromatic carbocycles. The normalized spacial score (nSPS) is 21.6. The van der Waals surface area contributed by atoms with Gasteiger partial charge in [0.25, 0.3) is 0 Å². The molecule has 17 heavy (non-hydrogen) atoms. The SMILES string of the molecule is CC(C)C1CCN(S(=O)(=O)C(C)C(=O)O)CC1. The maximum Gasteiger partial charge on any atom is 0.323 e. The Morgan fingerprint density at radius 1 is 1.24 bits per heavy atom. The molecule has 0 radical (unpaired) electrons. The van der Waals surface area contributed by atoms with Gasteiger partial charge in [0.1, 0.15) is 0 Å². The summed E-state index contributed by atoms with van der Waals surface area (Å²) in [5.41, 5.74) is 0. The van der Waals surface area contributed by atoms with E-state index < -0.39 is 21.2 Å². The highest BCUT2D eigenvalue weighted by Crippen LogP contribution is 2.26. The maximum absolute atomic E-state index is 11.9. The summed E-state index contributed by atoms with van der Waals surface area (Å²) in [6.45, 7) is 6.39. The number of hydrogen-bond acceptors (Lipinski definition) is 3. The standard InChI is InChI=1S/C11H21NO4S/c1-8(2)10-4-6-12(7-5-10)17(15,16)9(3)11(13)14/h8-10H,4-7H2,1-3H3,(H,13,14). The van der Waals surface area contributed by atoms with Gasteiger partial charge >= 0.3 is 5.97 Å². The lowest BCUT2D eigenvalue weighted by molar-refractivity contribution is -0.136. The third kappa shape index (κ3) is 3.19. The van der Waals surface area contributed by atoms with E-state index in [4.69, 9.17) is 5.11 Å². The first-order valence-electron chi connectivity index (χ1n) is 5.98. The van der Waals surface area contributed by atoms with Gasteiger partial charge in [-0.3, -0.25) is 4.79 Å². The minimum absolute atomic E-state index is 0.447. The molecule has 1 N–H and O–H groups in total. The molecule has 1 rings (SSSR count). The van der Waals surface area contributed by atoms with Crippen molar-refractivity contribution in [1.82, 2.24) is 4.31 Å². The third-order valence-electron chi connectivity index (χ3n) is 3.60. The van der Waals surface area contributed by atoms with E-state index in [0.717, 1.165) is 12.8 Å². The Kier molecular flexibility index (Phi) is 4.55. The van der Waals surface area contributed by atoms with Crippen LogP contribution in [0, 0.1) is 11.8 Å². The lowest BCUT2D eigenvalue weighted by atomic mass is 9.87. The van der Waals surface area contributed by atoms with E-state index in [1.54, 1.807) is 0 Å². The van der Waals surface area contributed by atoms with Crippen molar-refractivity contribution in [1.29, 1.82) is 0 Å². The Balaban J connectivity index is 2.68. The van der Waals surface area contributed by atoms with Crippen LogP contribution in [0.4, 0.5) is 0 Å². The first kappa shape index (κ1) is 14.4. The summed E-state index contributed by atoms with van der Waals surface area (Å²) in [4.78, 5) is 10.8. The molecule has 0 bridgehead atoms. The summed E-state index contributed by atoms with van der Waals surface area (Å²) >= 11 is 0. The highest BCUT2D eigenvalue weighted by Gasteiger charge is 2.36. The number of hydrogen-bond donors (Lipinski definition) is 1. The average Bonchev–Trinajstić information content (AvgIpc) is 2.27. The predicted octanol–water partition coefficient (Wildman–Crippen LogP) is 1.16. The van der Waals surface area contributed by atoms with Crippen LogP contribution < -0.4 is 0 Å². The molecule has 1 heterocycles. The number of carboxylic acids is 1. The molecule has 1 aliphatic heterocycles. The summed E-state index contributed by atoms with van der Waals surface area (Å²) in [6, 6.07) is 0. The summed E-state index contributed by atoms with van der Waals surface area (Å²) in [5.74, 6) is -0.186. The molecule has 100 valence electrons. The number of carbonyl (C=O) groups is 1. The number of sulfonamides is 1. The molecule has 0 spiro atoms. The molecule has 1 unspecified atom stereocenters. The molecule has 0 saturated carbocycles. The van der Waals surface area contributed by atoms with Crippen molar-refractivity contribution in [2.45, 2.75) is 38.9 Å². The van der Waals surface area contributed by atoms with E-state index >= 15 is 0 Å². The molecule has 0 aromatic rings. The highest BCUT2D eigenvalue weighted by atomic mass is 32.2. The van der Waals surface area contributed by atoms with Crippen LogP contribution in [0.25, 0.3) is 0 Å². The predicted molar refractivity (Wildman–Crippen MR) is 65.2 cm³/mol. The number of aliphatic carboxylic acids is 1. The van der Waals surface area contributed by atoms with Gasteiger partial charge in [-0.2, -0.15) is 0 Å². The zero-order valence-electron chi connectivity index (χ0n) is 10.6. The van der Waals surface area contributed by atoms with Gasteiger partial charge in [-0.1, -0.05) is 13.8 Å². The second-order valence-electron chi connectivity index (χ2n) is 5.01.